The van der Waals surface area contributed by atoms with Gasteiger partial charge in [0.25, 0.3) is 5.91 Å². The van der Waals surface area contributed by atoms with E-state index in [2.05, 4.69) is 21.7 Å². The maximum atomic E-state index is 14.3. The molecule has 31 heavy (non-hydrogen) atoms. The molecule has 1 amide bonds. The first kappa shape index (κ1) is 23.1. The molecule has 3 rings (SSSR count). The molecule has 0 saturated carbocycles. The van der Waals surface area contributed by atoms with Crippen molar-refractivity contribution in [1.82, 2.24) is 15.1 Å². The zero-order valence-corrected chi connectivity index (χ0v) is 17.7. The third kappa shape index (κ3) is 7.24. The summed E-state index contributed by atoms with van der Waals surface area (Å²) in [6.45, 7) is 9.62. The van der Waals surface area contributed by atoms with Crippen LogP contribution in [0.15, 0.2) is 55.1 Å². The normalized spacial score (nSPS) is 14.5. The van der Waals surface area contributed by atoms with Crippen LogP contribution < -0.4 is 5.32 Å². The highest BCUT2D eigenvalue weighted by Crippen LogP contribution is 2.16. The lowest BCUT2D eigenvalue weighted by atomic mass is 10.1. The quantitative estimate of drug-likeness (QED) is 0.589. The maximum Gasteiger partial charge on any atom is 0.251 e. The molecule has 0 spiro atoms. The fourth-order valence-electron chi connectivity index (χ4n) is 3.55. The van der Waals surface area contributed by atoms with Gasteiger partial charge in [0.05, 0.1) is 13.2 Å². The van der Waals surface area contributed by atoms with Gasteiger partial charge in [0.1, 0.15) is 11.6 Å². The van der Waals surface area contributed by atoms with E-state index in [9.17, 15) is 13.6 Å². The van der Waals surface area contributed by atoms with Crippen molar-refractivity contribution >= 4 is 5.91 Å². The van der Waals surface area contributed by atoms with E-state index in [-0.39, 0.29) is 5.91 Å². The molecule has 2 aromatic carbocycles. The molecular formula is C24H29F2N3O2. The monoisotopic (exact) mass is 429 g/mol. The molecule has 5 nitrogen and oxygen atoms in total. The summed E-state index contributed by atoms with van der Waals surface area (Å²) in [4.78, 5) is 16.7. The molecule has 1 fully saturated rings. The fourth-order valence-corrected chi connectivity index (χ4v) is 3.55. The van der Waals surface area contributed by atoms with E-state index in [0.717, 1.165) is 31.3 Å². The van der Waals surface area contributed by atoms with Crippen molar-refractivity contribution in [2.24, 2.45) is 0 Å². The van der Waals surface area contributed by atoms with Crippen LogP contribution in [0.5, 0.6) is 0 Å². The van der Waals surface area contributed by atoms with Gasteiger partial charge in [-0.25, -0.2) is 8.78 Å². The number of morpholine rings is 1. The van der Waals surface area contributed by atoms with E-state index in [1.807, 2.05) is 18.2 Å². The molecule has 1 aliphatic heterocycles. The first-order chi connectivity index (χ1) is 15.0. The number of hydrogen-bond donors (Lipinski definition) is 1. The Morgan fingerprint density at radius 1 is 1.16 bits per heavy atom. The number of amides is 1. The van der Waals surface area contributed by atoms with Gasteiger partial charge in [0.2, 0.25) is 0 Å². The van der Waals surface area contributed by atoms with E-state index >= 15 is 0 Å². The highest BCUT2D eigenvalue weighted by Gasteiger charge is 2.16. The minimum Gasteiger partial charge on any atom is -0.379 e. The average Bonchev–Trinajstić information content (AvgIpc) is 2.78. The standard InChI is InChI=1S/C24H29F2N3O2/c1-2-8-27-24(30)20-5-3-4-19(15-20)17-29(10-9-28-11-13-31-14-12-28)18-21-6-7-22(25)16-23(21)26/h2-7,15-16H,1,8-14,17-18H2,(H,27,30). The topological polar surface area (TPSA) is 44.8 Å². The number of carbonyl (C=O) groups excluding carboxylic acids is 1. The van der Waals surface area contributed by atoms with Crippen LogP contribution in [0.3, 0.4) is 0 Å². The average molecular weight is 430 g/mol. The number of hydrogen-bond acceptors (Lipinski definition) is 4. The van der Waals surface area contributed by atoms with E-state index in [1.165, 1.54) is 12.1 Å². The molecule has 0 atom stereocenters. The van der Waals surface area contributed by atoms with E-state index < -0.39 is 11.6 Å². The Hall–Kier alpha value is -2.61. The third-order valence-corrected chi connectivity index (χ3v) is 5.25. The Kier molecular flexibility index (Phi) is 8.70. The second-order valence-corrected chi connectivity index (χ2v) is 7.60. The summed E-state index contributed by atoms with van der Waals surface area (Å²) in [6.07, 6.45) is 1.63. The van der Waals surface area contributed by atoms with Gasteiger partial charge in [0, 0.05) is 63.0 Å². The highest BCUT2D eigenvalue weighted by molar-refractivity contribution is 5.94. The molecule has 166 valence electrons. The summed E-state index contributed by atoms with van der Waals surface area (Å²) in [5, 5.41) is 2.78. The Balaban J connectivity index is 1.72. The van der Waals surface area contributed by atoms with Gasteiger partial charge in [0.15, 0.2) is 0 Å². The largest absolute Gasteiger partial charge is 0.379 e. The second kappa shape index (κ2) is 11.7. The zero-order valence-electron chi connectivity index (χ0n) is 17.7. The van der Waals surface area contributed by atoms with Crippen LogP contribution in [0.25, 0.3) is 0 Å². The Labute approximate surface area is 182 Å². The summed E-state index contributed by atoms with van der Waals surface area (Å²) < 4.78 is 33.0. The molecule has 0 radical (unpaired) electrons. The van der Waals surface area contributed by atoms with Crippen LogP contribution in [-0.2, 0) is 17.8 Å². The number of rotatable bonds is 10. The van der Waals surface area contributed by atoms with Crippen LogP contribution >= 0.6 is 0 Å². The Morgan fingerprint density at radius 2 is 1.97 bits per heavy atom. The second-order valence-electron chi connectivity index (χ2n) is 7.60. The predicted molar refractivity (Wildman–Crippen MR) is 117 cm³/mol. The van der Waals surface area contributed by atoms with Gasteiger partial charge < -0.3 is 10.1 Å². The first-order valence-corrected chi connectivity index (χ1v) is 10.5. The van der Waals surface area contributed by atoms with Crippen LogP contribution in [0.1, 0.15) is 21.5 Å². The molecule has 0 bridgehead atoms. The zero-order chi connectivity index (χ0) is 22.1. The molecule has 1 N–H and O–H groups in total. The van der Waals surface area contributed by atoms with Crippen molar-refractivity contribution in [1.29, 1.82) is 0 Å². The summed E-state index contributed by atoms with van der Waals surface area (Å²) in [5.41, 5.74) is 1.97. The number of ether oxygens (including phenoxy) is 1. The van der Waals surface area contributed by atoms with Crippen LogP contribution in [0.2, 0.25) is 0 Å². The summed E-state index contributed by atoms with van der Waals surface area (Å²) in [7, 11) is 0. The summed E-state index contributed by atoms with van der Waals surface area (Å²) >= 11 is 0. The number of nitrogens with one attached hydrogen (secondary N) is 1. The van der Waals surface area contributed by atoms with Gasteiger partial charge in [-0.1, -0.05) is 24.3 Å². The Morgan fingerprint density at radius 3 is 2.71 bits per heavy atom. The van der Waals surface area contributed by atoms with Crippen molar-refractivity contribution in [3.05, 3.63) is 83.4 Å². The number of benzene rings is 2. The number of halogens is 2. The van der Waals surface area contributed by atoms with Crippen LogP contribution in [0, 0.1) is 11.6 Å². The lowest BCUT2D eigenvalue weighted by Crippen LogP contribution is -2.41. The number of nitrogens with zero attached hydrogens (tertiary/aromatic N) is 2. The fraction of sp³-hybridized carbons (Fsp3) is 0.375. The third-order valence-electron chi connectivity index (χ3n) is 5.25. The minimum atomic E-state index is -0.584. The molecule has 1 aliphatic rings. The van der Waals surface area contributed by atoms with Gasteiger partial charge in [-0.15, -0.1) is 6.58 Å². The lowest BCUT2D eigenvalue weighted by molar-refractivity contribution is 0.0324. The van der Waals surface area contributed by atoms with Crippen molar-refractivity contribution in [3.63, 3.8) is 0 Å². The van der Waals surface area contributed by atoms with E-state index in [1.54, 1.807) is 12.1 Å². The first-order valence-electron chi connectivity index (χ1n) is 10.5. The van der Waals surface area contributed by atoms with Crippen LogP contribution in [0.4, 0.5) is 8.78 Å². The SMILES string of the molecule is C=CCNC(=O)c1cccc(CN(CCN2CCOCC2)Cc2ccc(F)cc2F)c1. The van der Waals surface area contributed by atoms with Crippen molar-refractivity contribution in [2.45, 2.75) is 13.1 Å². The van der Waals surface area contributed by atoms with E-state index in [0.29, 0.717) is 50.5 Å². The lowest BCUT2D eigenvalue weighted by Gasteiger charge is -2.30. The van der Waals surface area contributed by atoms with Gasteiger partial charge in [-0.2, -0.15) is 0 Å². The summed E-state index contributed by atoms with van der Waals surface area (Å²) in [5.74, 6) is -1.29. The molecule has 0 unspecified atom stereocenters. The summed E-state index contributed by atoms with van der Waals surface area (Å²) in [6, 6.07) is 11.1. The molecule has 7 heteroatoms. The smallest absolute Gasteiger partial charge is 0.251 e. The van der Waals surface area contributed by atoms with E-state index in [4.69, 9.17) is 4.74 Å². The Bertz CT molecular complexity index is 885. The van der Waals surface area contributed by atoms with Gasteiger partial charge in [-0.3, -0.25) is 14.6 Å². The molecular weight excluding hydrogens is 400 g/mol. The molecule has 1 saturated heterocycles. The van der Waals surface area contributed by atoms with Crippen molar-refractivity contribution in [3.8, 4) is 0 Å². The minimum absolute atomic E-state index is 0.161. The van der Waals surface area contributed by atoms with Crippen molar-refractivity contribution < 1.29 is 18.3 Å². The van der Waals surface area contributed by atoms with Crippen molar-refractivity contribution in [2.75, 3.05) is 45.9 Å². The predicted octanol–water partition coefficient (Wildman–Crippen LogP) is 3.22. The molecule has 1 heterocycles. The molecule has 0 aromatic heterocycles. The van der Waals surface area contributed by atoms with Gasteiger partial charge in [-0.05, 0) is 23.8 Å². The highest BCUT2D eigenvalue weighted by atomic mass is 19.1. The maximum absolute atomic E-state index is 14.3. The molecule has 0 aliphatic carbocycles. The number of carbonyl (C=O) groups is 1. The van der Waals surface area contributed by atoms with Crippen LogP contribution in [-0.4, -0.2) is 61.6 Å². The molecule has 2 aromatic rings. The van der Waals surface area contributed by atoms with Gasteiger partial charge >= 0.3 is 0 Å².